The van der Waals surface area contributed by atoms with Gasteiger partial charge in [0.15, 0.2) is 18.0 Å². The first kappa shape index (κ1) is 23.0. The number of fused-ring (bicyclic) bond motifs is 4. The molecule has 37 heavy (non-hydrogen) atoms. The van der Waals surface area contributed by atoms with Gasteiger partial charge in [0.2, 0.25) is 0 Å². The average Bonchev–Trinajstić information content (AvgIpc) is 3.44. The maximum Gasteiger partial charge on any atom is 0.416 e. The summed E-state index contributed by atoms with van der Waals surface area (Å²) in [6, 6.07) is 13.2. The Morgan fingerprint density at radius 2 is 1.92 bits per heavy atom. The van der Waals surface area contributed by atoms with Gasteiger partial charge in [-0.3, -0.25) is 10.2 Å². The quantitative estimate of drug-likeness (QED) is 0.376. The Labute approximate surface area is 209 Å². The Hall–Kier alpha value is -4.41. The van der Waals surface area contributed by atoms with E-state index in [4.69, 9.17) is 9.40 Å². The van der Waals surface area contributed by atoms with Crippen LogP contribution in [0.5, 0.6) is 0 Å². The maximum atomic E-state index is 13.6. The summed E-state index contributed by atoms with van der Waals surface area (Å²) in [5, 5.41) is 2.85. The van der Waals surface area contributed by atoms with Crippen LogP contribution in [-0.2, 0) is 6.18 Å². The molecule has 2 aliphatic heterocycles. The van der Waals surface area contributed by atoms with E-state index >= 15 is 0 Å². The number of piperidine rings is 1. The first-order chi connectivity index (χ1) is 17.9. The number of nitrogens with one attached hydrogen (secondary N) is 1. The van der Waals surface area contributed by atoms with E-state index in [1.54, 1.807) is 35.2 Å². The van der Waals surface area contributed by atoms with Crippen molar-refractivity contribution in [3.05, 3.63) is 72.8 Å². The summed E-state index contributed by atoms with van der Waals surface area (Å²) in [5.74, 6) is 1.21. The molecule has 1 aromatic carbocycles. The number of anilines is 3. The first-order valence-corrected chi connectivity index (χ1v) is 11.8. The van der Waals surface area contributed by atoms with Gasteiger partial charge < -0.3 is 9.32 Å². The molecular weight excluding hydrogens is 485 g/mol. The fraction of sp³-hybridized carbons (Fsp3) is 0.231. The number of hydrogen-bond acceptors (Lipinski definition) is 6. The molecule has 1 atom stereocenters. The Morgan fingerprint density at radius 3 is 2.73 bits per heavy atom. The highest BCUT2D eigenvalue weighted by atomic mass is 19.4. The minimum absolute atomic E-state index is 0.136. The van der Waals surface area contributed by atoms with E-state index in [0.29, 0.717) is 40.9 Å². The molecule has 2 amide bonds. The molecule has 3 aromatic heterocycles. The lowest BCUT2D eigenvalue weighted by molar-refractivity contribution is -0.137. The summed E-state index contributed by atoms with van der Waals surface area (Å²) >= 11 is 0. The molecule has 2 bridgehead atoms. The summed E-state index contributed by atoms with van der Waals surface area (Å²) in [4.78, 5) is 30.4. The largest absolute Gasteiger partial charge is 0.442 e. The monoisotopic (exact) mass is 506 g/mol. The lowest BCUT2D eigenvalue weighted by atomic mass is 9.99. The number of urea groups is 1. The summed E-state index contributed by atoms with van der Waals surface area (Å²) in [6.07, 6.45) is 0.0546. The van der Waals surface area contributed by atoms with Crippen molar-refractivity contribution >= 4 is 23.4 Å². The SMILES string of the molecule is O=C(Nc1cccc(-c2cnco2)n1)N1c2nc(-c3cccc(C(F)(F)F)c3)ccc2N2CCC[C@H]1C2. The predicted molar refractivity (Wildman–Crippen MR) is 131 cm³/mol. The summed E-state index contributed by atoms with van der Waals surface area (Å²) in [6.45, 7) is 1.47. The van der Waals surface area contributed by atoms with Crippen LogP contribution in [0, 0.1) is 0 Å². The third kappa shape index (κ3) is 4.37. The summed E-state index contributed by atoms with van der Waals surface area (Å²) in [7, 11) is 0. The number of amides is 2. The number of carbonyl (C=O) groups is 1. The van der Waals surface area contributed by atoms with Crippen LogP contribution in [0.1, 0.15) is 18.4 Å². The number of benzene rings is 1. The number of hydrogen-bond donors (Lipinski definition) is 1. The zero-order valence-electron chi connectivity index (χ0n) is 19.4. The molecule has 1 saturated heterocycles. The van der Waals surface area contributed by atoms with Crippen molar-refractivity contribution in [3.63, 3.8) is 0 Å². The van der Waals surface area contributed by atoms with Crippen molar-refractivity contribution < 1.29 is 22.4 Å². The van der Waals surface area contributed by atoms with Gasteiger partial charge in [-0.25, -0.2) is 19.7 Å². The van der Waals surface area contributed by atoms with E-state index in [1.807, 2.05) is 6.07 Å². The van der Waals surface area contributed by atoms with Crippen LogP contribution in [0.3, 0.4) is 0 Å². The van der Waals surface area contributed by atoms with Crippen LogP contribution in [0.25, 0.3) is 22.7 Å². The molecule has 4 aromatic rings. The molecule has 5 heterocycles. The molecule has 188 valence electrons. The van der Waals surface area contributed by atoms with Gasteiger partial charge in [-0.15, -0.1) is 0 Å². The molecule has 11 heteroatoms. The Morgan fingerprint density at radius 1 is 1.05 bits per heavy atom. The van der Waals surface area contributed by atoms with Crippen LogP contribution in [0.15, 0.2) is 71.6 Å². The second kappa shape index (κ2) is 8.91. The van der Waals surface area contributed by atoms with Crippen LogP contribution < -0.4 is 15.1 Å². The van der Waals surface area contributed by atoms with Crippen molar-refractivity contribution in [1.29, 1.82) is 0 Å². The molecule has 2 aliphatic rings. The highest BCUT2D eigenvalue weighted by Gasteiger charge is 2.38. The van der Waals surface area contributed by atoms with Crippen molar-refractivity contribution in [2.45, 2.75) is 25.1 Å². The Balaban J connectivity index is 1.36. The molecule has 0 unspecified atom stereocenters. The number of nitrogens with zero attached hydrogens (tertiary/aromatic N) is 5. The fourth-order valence-corrected chi connectivity index (χ4v) is 4.85. The maximum absolute atomic E-state index is 13.6. The molecule has 6 rings (SSSR count). The van der Waals surface area contributed by atoms with Crippen molar-refractivity contribution in [3.8, 4) is 22.7 Å². The molecule has 0 saturated carbocycles. The first-order valence-electron chi connectivity index (χ1n) is 11.8. The normalized spacial score (nSPS) is 16.9. The number of aromatic nitrogens is 3. The highest BCUT2D eigenvalue weighted by molar-refractivity contribution is 6.04. The number of oxazole rings is 1. The van der Waals surface area contributed by atoms with E-state index in [9.17, 15) is 18.0 Å². The topological polar surface area (TPSA) is 87.4 Å². The molecule has 0 aliphatic carbocycles. The number of carbonyl (C=O) groups excluding carboxylic acids is 1. The molecule has 8 nitrogen and oxygen atoms in total. The molecule has 0 radical (unpaired) electrons. The minimum atomic E-state index is -4.47. The highest BCUT2D eigenvalue weighted by Crippen LogP contribution is 2.40. The molecule has 1 N–H and O–H groups in total. The van der Waals surface area contributed by atoms with E-state index in [-0.39, 0.29) is 6.04 Å². The lowest BCUT2D eigenvalue weighted by Crippen LogP contribution is -2.56. The van der Waals surface area contributed by atoms with Gasteiger partial charge in [0.05, 0.1) is 29.2 Å². The zero-order chi connectivity index (χ0) is 25.6. The van der Waals surface area contributed by atoms with Gasteiger partial charge in [0.1, 0.15) is 11.5 Å². The Bertz CT molecular complexity index is 1460. The van der Waals surface area contributed by atoms with Crippen LogP contribution in [-0.4, -0.2) is 40.1 Å². The molecular formula is C26H21F3N6O2. The van der Waals surface area contributed by atoms with Gasteiger partial charge in [0, 0.05) is 18.7 Å². The number of pyridine rings is 2. The van der Waals surface area contributed by atoms with Gasteiger partial charge in [-0.05, 0) is 49.2 Å². The van der Waals surface area contributed by atoms with Gasteiger partial charge in [-0.2, -0.15) is 13.2 Å². The third-order valence-electron chi connectivity index (χ3n) is 6.56. The molecule has 1 fully saturated rings. The standard InChI is InChI=1S/C26H21F3N6O2/c27-26(28,29)17-5-1-4-16(12-17)19-9-10-21-24(32-19)35(18-6-3-11-34(21)14-18)25(36)33-23-8-2-7-20(31-23)22-13-30-15-37-22/h1-2,4-5,7-10,12-13,15,18H,3,6,11,14H2,(H,31,33,36)/t18-/m0/s1. The van der Waals surface area contributed by atoms with E-state index in [0.717, 1.165) is 37.2 Å². The summed E-state index contributed by atoms with van der Waals surface area (Å²) < 4.78 is 45.2. The second-order valence-corrected chi connectivity index (χ2v) is 8.93. The fourth-order valence-electron chi connectivity index (χ4n) is 4.85. The molecule has 0 spiro atoms. The number of alkyl halides is 3. The smallest absolute Gasteiger partial charge is 0.416 e. The average molecular weight is 506 g/mol. The minimum Gasteiger partial charge on any atom is -0.442 e. The van der Waals surface area contributed by atoms with Crippen molar-refractivity contribution in [2.24, 2.45) is 0 Å². The van der Waals surface area contributed by atoms with Gasteiger partial charge >= 0.3 is 12.2 Å². The third-order valence-corrected chi connectivity index (χ3v) is 6.56. The van der Waals surface area contributed by atoms with E-state index in [2.05, 4.69) is 20.2 Å². The van der Waals surface area contributed by atoms with Crippen LogP contribution in [0.4, 0.5) is 35.3 Å². The van der Waals surface area contributed by atoms with Crippen molar-refractivity contribution in [2.75, 3.05) is 28.2 Å². The lowest BCUT2D eigenvalue weighted by Gasteiger charge is -2.45. The van der Waals surface area contributed by atoms with Gasteiger partial charge in [-0.1, -0.05) is 18.2 Å². The number of rotatable bonds is 3. The van der Waals surface area contributed by atoms with E-state index in [1.165, 1.54) is 18.7 Å². The van der Waals surface area contributed by atoms with Crippen molar-refractivity contribution in [1.82, 2.24) is 15.0 Å². The van der Waals surface area contributed by atoms with Crippen LogP contribution >= 0.6 is 0 Å². The second-order valence-electron chi connectivity index (χ2n) is 8.93. The summed E-state index contributed by atoms with van der Waals surface area (Å²) in [5.41, 5.74) is 1.21. The zero-order valence-corrected chi connectivity index (χ0v) is 19.4. The Kier molecular flexibility index (Phi) is 5.54. The van der Waals surface area contributed by atoms with Crippen LogP contribution in [0.2, 0.25) is 0 Å². The predicted octanol–water partition coefficient (Wildman–Crippen LogP) is 5.84. The van der Waals surface area contributed by atoms with E-state index < -0.39 is 17.8 Å². The van der Waals surface area contributed by atoms with Gasteiger partial charge in [0.25, 0.3) is 0 Å². The number of halogens is 3.